The van der Waals surface area contributed by atoms with Crippen molar-refractivity contribution in [1.82, 2.24) is 9.13 Å². The number of carbonyl (C=O) groups is 1. The van der Waals surface area contributed by atoms with Gasteiger partial charge in [0.2, 0.25) is 5.91 Å². The van der Waals surface area contributed by atoms with Crippen LogP contribution in [0.25, 0.3) is 15.9 Å². The Labute approximate surface area is 168 Å². The number of nitrogens with zero attached hydrogens (tertiary/aromatic N) is 2. The second-order valence-corrected chi connectivity index (χ2v) is 8.90. The monoisotopic (exact) mass is 419 g/mol. The fourth-order valence-electron chi connectivity index (χ4n) is 3.45. The van der Waals surface area contributed by atoms with E-state index in [1.54, 1.807) is 24.3 Å². The van der Waals surface area contributed by atoms with Crippen LogP contribution in [0.3, 0.4) is 0 Å². The highest BCUT2D eigenvalue weighted by Crippen LogP contribution is 2.37. The van der Waals surface area contributed by atoms with Crippen molar-refractivity contribution in [1.29, 1.82) is 0 Å². The van der Waals surface area contributed by atoms with E-state index in [4.69, 9.17) is 22.1 Å². The normalized spacial score (nSPS) is 15.5. The second kappa shape index (κ2) is 6.58. The summed E-state index contributed by atoms with van der Waals surface area (Å²) in [5, 5.41) is 0.487. The predicted octanol–water partition coefficient (Wildman–Crippen LogP) is 2.20. The smallest absolute Gasteiger partial charge is 0.336 e. The Balaban J connectivity index is 2.08. The van der Waals surface area contributed by atoms with Crippen LogP contribution >= 0.6 is 22.9 Å². The SMILES string of the molecule is CC1(C)Cc2sc3c(=O)n(-c4ccc(Cl)cc4)c(=O)n(CC(N)=O)c3c2CO1. The summed E-state index contributed by atoms with van der Waals surface area (Å²) < 4.78 is 8.60. The number of rotatable bonds is 3. The van der Waals surface area contributed by atoms with Crippen LogP contribution in [-0.4, -0.2) is 20.6 Å². The molecule has 7 nitrogen and oxygen atoms in total. The number of fused-ring (bicyclic) bond motifs is 3. The standard InChI is InChI=1S/C19H18ClN3O4S/c1-19(2)7-13-12(9-27-19)15-16(28-13)17(25)23(11-5-3-10(20)4-6-11)18(26)22(15)8-14(21)24/h3-6H,7-9H2,1-2H3,(H2,21,24). The van der Waals surface area contributed by atoms with Gasteiger partial charge in [0.05, 0.1) is 23.4 Å². The van der Waals surface area contributed by atoms with Crippen molar-refractivity contribution in [3.05, 3.63) is 60.6 Å². The third kappa shape index (κ3) is 3.07. The highest BCUT2D eigenvalue weighted by atomic mass is 35.5. The van der Waals surface area contributed by atoms with Gasteiger partial charge in [-0.05, 0) is 38.1 Å². The lowest BCUT2D eigenvalue weighted by Crippen LogP contribution is -2.41. The van der Waals surface area contributed by atoms with Gasteiger partial charge in [0.15, 0.2) is 0 Å². The predicted molar refractivity (Wildman–Crippen MR) is 108 cm³/mol. The van der Waals surface area contributed by atoms with Crippen molar-refractivity contribution in [2.45, 2.75) is 39.0 Å². The summed E-state index contributed by atoms with van der Waals surface area (Å²) >= 11 is 7.26. The largest absolute Gasteiger partial charge is 0.370 e. The molecule has 0 unspecified atom stereocenters. The van der Waals surface area contributed by atoms with Gasteiger partial charge in [-0.3, -0.25) is 14.2 Å². The van der Waals surface area contributed by atoms with Gasteiger partial charge in [-0.2, -0.15) is 0 Å². The summed E-state index contributed by atoms with van der Waals surface area (Å²) in [4.78, 5) is 39.1. The van der Waals surface area contributed by atoms with Crippen LogP contribution in [0, 0.1) is 0 Å². The minimum absolute atomic E-state index is 0.269. The maximum absolute atomic E-state index is 13.2. The van der Waals surface area contributed by atoms with E-state index >= 15 is 0 Å². The Morgan fingerprint density at radius 1 is 1.29 bits per heavy atom. The molecule has 0 spiro atoms. The first-order valence-electron chi connectivity index (χ1n) is 8.66. The Morgan fingerprint density at radius 2 is 1.96 bits per heavy atom. The fourth-order valence-corrected chi connectivity index (χ4v) is 5.03. The zero-order valence-corrected chi connectivity index (χ0v) is 16.9. The average Bonchev–Trinajstić information content (AvgIpc) is 2.97. The number of benzene rings is 1. The van der Waals surface area contributed by atoms with Crippen LogP contribution < -0.4 is 17.0 Å². The molecule has 0 bridgehead atoms. The first kappa shape index (κ1) is 18.9. The third-order valence-electron chi connectivity index (χ3n) is 4.74. The van der Waals surface area contributed by atoms with E-state index in [0.29, 0.717) is 27.3 Å². The molecule has 0 saturated heterocycles. The zero-order valence-electron chi connectivity index (χ0n) is 15.3. The number of nitrogens with two attached hydrogens (primary N) is 1. The lowest BCUT2D eigenvalue weighted by Gasteiger charge is -2.30. The van der Waals surface area contributed by atoms with Gasteiger partial charge in [0, 0.05) is 21.9 Å². The maximum Gasteiger partial charge on any atom is 0.336 e. The molecule has 3 aromatic rings. The molecule has 1 aliphatic heterocycles. The van der Waals surface area contributed by atoms with Gasteiger partial charge in [-0.15, -0.1) is 11.3 Å². The molecule has 0 aliphatic carbocycles. The fraction of sp³-hybridized carbons (Fsp3) is 0.316. The molecule has 1 aliphatic rings. The Bertz CT molecular complexity index is 1220. The number of aromatic nitrogens is 2. The van der Waals surface area contributed by atoms with Gasteiger partial charge in [-0.1, -0.05) is 11.6 Å². The molecule has 146 valence electrons. The number of primary amides is 1. The summed E-state index contributed by atoms with van der Waals surface area (Å²) in [5.41, 5.74) is 5.57. The van der Waals surface area contributed by atoms with Crippen molar-refractivity contribution in [2.24, 2.45) is 5.73 Å². The third-order valence-corrected chi connectivity index (χ3v) is 6.21. The minimum Gasteiger partial charge on any atom is -0.370 e. The molecule has 28 heavy (non-hydrogen) atoms. The number of hydrogen-bond donors (Lipinski definition) is 1. The average molecular weight is 420 g/mol. The lowest BCUT2D eigenvalue weighted by atomic mass is 9.98. The van der Waals surface area contributed by atoms with Crippen molar-refractivity contribution in [2.75, 3.05) is 0 Å². The molecule has 1 amide bonds. The van der Waals surface area contributed by atoms with E-state index in [1.807, 2.05) is 13.8 Å². The number of thiophene rings is 1. The molecular weight excluding hydrogens is 402 g/mol. The van der Waals surface area contributed by atoms with E-state index in [0.717, 1.165) is 15.0 Å². The number of carbonyl (C=O) groups excluding carboxylic acids is 1. The van der Waals surface area contributed by atoms with E-state index in [2.05, 4.69) is 0 Å². The van der Waals surface area contributed by atoms with Crippen LogP contribution in [0.15, 0.2) is 33.9 Å². The summed E-state index contributed by atoms with van der Waals surface area (Å²) in [5.74, 6) is -0.665. The first-order chi connectivity index (χ1) is 13.2. The van der Waals surface area contributed by atoms with Crippen LogP contribution in [0.4, 0.5) is 0 Å². The highest BCUT2D eigenvalue weighted by Gasteiger charge is 2.32. The van der Waals surface area contributed by atoms with Crippen molar-refractivity contribution in [3.63, 3.8) is 0 Å². The molecule has 9 heteroatoms. The topological polar surface area (TPSA) is 96.3 Å². The molecule has 0 fully saturated rings. The minimum atomic E-state index is -0.665. The van der Waals surface area contributed by atoms with E-state index in [1.165, 1.54) is 15.9 Å². The number of amides is 1. The van der Waals surface area contributed by atoms with Crippen LogP contribution in [-0.2, 0) is 29.1 Å². The summed E-state index contributed by atoms with van der Waals surface area (Å²) in [6, 6.07) is 6.37. The molecule has 2 N–H and O–H groups in total. The molecule has 1 aromatic carbocycles. The Hall–Kier alpha value is -2.42. The summed E-state index contributed by atoms with van der Waals surface area (Å²) in [6.45, 7) is 3.90. The number of hydrogen-bond acceptors (Lipinski definition) is 5. The number of halogens is 1. The van der Waals surface area contributed by atoms with Crippen molar-refractivity contribution >= 4 is 39.1 Å². The molecule has 3 heterocycles. The van der Waals surface area contributed by atoms with Gasteiger partial charge < -0.3 is 10.5 Å². The van der Waals surface area contributed by atoms with E-state index < -0.39 is 17.2 Å². The lowest BCUT2D eigenvalue weighted by molar-refractivity contribution is -0.118. The second-order valence-electron chi connectivity index (χ2n) is 7.36. The molecule has 0 radical (unpaired) electrons. The van der Waals surface area contributed by atoms with Gasteiger partial charge in [0.25, 0.3) is 5.56 Å². The van der Waals surface area contributed by atoms with E-state index in [-0.39, 0.29) is 18.8 Å². The van der Waals surface area contributed by atoms with Crippen LogP contribution in [0.2, 0.25) is 5.02 Å². The van der Waals surface area contributed by atoms with Gasteiger partial charge in [0.1, 0.15) is 11.2 Å². The van der Waals surface area contributed by atoms with Gasteiger partial charge >= 0.3 is 5.69 Å². The Kier molecular flexibility index (Phi) is 4.45. The van der Waals surface area contributed by atoms with E-state index in [9.17, 15) is 14.4 Å². The molecule has 0 atom stereocenters. The summed E-state index contributed by atoms with van der Waals surface area (Å²) in [6.07, 6.45) is 0.618. The number of ether oxygens (including phenoxy) is 1. The molecule has 4 rings (SSSR count). The van der Waals surface area contributed by atoms with Crippen LogP contribution in [0.5, 0.6) is 0 Å². The molecule has 0 saturated carbocycles. The summed E-state index contributed by atoms with van der Waals surface area (Å²) in [7, 11) is 0. The quantitative estimate of drug-likeness (QED) is 0.703. The van der Waals surface area contributed by atoms with Crippen LogP contribution in [0.1, 0.15) is 24.3 Å². The molecule has 2 aromatic heterocycles. The molecular formula is C19H18ClN3O4S. The Morgan fingerprint density at radius 3 is 2.61 bits per heavy atom. The van der Waals surface area contributed by atoms with Gasteiger partial charge in [-0.25, -0.2) is 9.36 Å². The highest BCUT2D eigenvalue weighted by molar-refractivity contribution is 7.19. The van der Waals surface area contributed by atoms with Crippen molar-refractivity contribution in [3.8, 4) is 5.69 Å². The zero-order chi connectivity index (χ0) is 20.2. The van der Waals surface area contributed by atoms with Crippen molar-refractivity contribution < 1.29 is 9.53 Å². The first-order valence-corrected chi connectivity index (χ1v) is 9.86. The maximum atomic E-state index is 13.2.